The highest BCUT2D eigenvalue weighted by Gasteiger charge is 1.68. The van der Waals surface area contributed by atoms with Crippen LogP contribution in [0.4, 0.5) is 3.89 Å². The van der Waals surface area contributed by atoms with Crippen LogP contribution < -0.4 is 0 Å². The number of hydrogen-bond acceptors (Lipinski definition) is 1. The third-order valence-corrected chi connectivity index (χ3v) is 0.327. The van der Waals surface area contributed by atoms with E-state index >= 15 is 0 Å². The maximum absolute atomic E-state index is 10.6. The molecule has 0 aromatic heterocycles. The second kappa shape index (κ2) is 3.41. The third kappa shape index (κ3) is 2.41. The van der Waals surface area contributed by atoms with Gasteiger partial charge in [-0.2, -0.15) is 3.89 Å². The van der Waals surface area contributed by atoms with Gasteiger partial charge in [0.05, 0.1) is 7.74 Å². The summed E-state index contributed by atoms with van der Waals surface area (Å²) in [6.45, 7) is 0. The lowest BCUT2D eigenvalue weighted by Crippen LogP contribution is -1.68. The average molecular weight is 75.7 g/mol. The molecule has 0 amide bonds. The van der Waals surface area contributed by atoms with Crippen LogP contribution in [-0.4, -0.2) is 14.2 Å². The molecular formula is H3B2FS. The Morgan fingerprint density at radius 1 is 2.00 bits per heavy atom. The zero-order valence-corrected chi connectivity index (χ0v) is 3.31. The van der Waals surface area contributed by atoms with Crippen molar-refractivity contribution in [3.8, 4) is 0 Å². The van der Waals surface area contributed by atoms with Crippen LogP contribution in [0.3, 0.4) is 0 Å². The summed E-state index contributed by atoms with van der Waals surface area (Å²) in [6.07, 6.45) is 0.569. The molecule has 0 unspecified atom stereocenters. The standard InChI is InChI=1S/B2FH3S/c1-2-4-3/h2H,1H2. The van der Waals surface area contributed by atoms with Crippen molar-refractivity contribution in [2.45, 2.75) is 0 Å². The SMILES string of the molecule is BBSF. The van der Waals surface area contributed by atoms with E-state index in [9.17, 15) is 3.89 Å². The zero-order chi connectivity index (χ0) is 3.41. The van der Waals surface area contributed by atoms with Crippen molar-refractivity contribution in [2.75, 3.05) is 0 Å². The van der Waals surface area contributed by atoms with Crippen molar-refractivity contribution in [1.29, 1.82) is 0 Å². The maximum atomic E-state index is 10.6. The van der Waals surface area contributed by atoms with E-state index in [1.54, 1.807) is 7.74 Å². The molecule has 0 N–H and O–H groups in total. The van der Waals surface area contributed by atoms with Gasteiger partial charge < -0.3 is 0 Å². The highest BCUT2D eigenvalue weighted by molar-refractivity contribution is 8.22. The van der Waals surface area contributed by atoms with E-state index in [1.165, 1.54) is 0 Å². The fourth-order valence-corrected chi connectivity index (χ4v) is 0. The van der Waals surface area contributed by atoms with Gasteiger partial charge in [0.2, 0.25) is 0 Å². The van der Waals surface area contributed by atoms with Gasteiger partial charge in [0, 0.05) is 0 Å². The molecule has 0 fully saturated rings. The summed E-state index contributed by atoms with van der Waals surface area (Å²) in [5.74, 6) is 0. The van der Waals surface area contributed by atoms with Crippen molar-refractivity contribution in [2.24, 2.45) is 0 Å². The summed E-state index contributed by atoms with van der Waals surface area (Å²) in [5, 5.41) is 0. The summed E-state index contributed by atoms with van der Waals surface area (Å²) in [4.78, 5) is 0. The fourth-order valence-electron chi connectivity index (χ4n) is 0. The quantitative estimate of drug-likeness (QED) is 0.379. The summed E-state index contributed by atoms with van der Waals surface area (Å²) in [5.41, 5.74) is 0. The number of halogens is 1. The van der Waals surface area contributed by atoms with Gasteiger partial charge in [-0.1, -0.05) is 0 Å². The molecule has 0 radical (unpaired) electrons. The Balaban J connectivity index is 1.97. The Kier molecular flexibility index (Phi) is 3.76. The lowest BCUT2D eigenvalue weighted by Gasteiger charge is -1.59. The molecule has 0 bridgehead atoms. The first-order valence-corrected chi connectivity index (χ1v) is 2.04. The van der Waals surface area contributed by atoms with Crippen LogP contribution in [0.1, 0.15) is 0 Å². The molecule has 0 aliphatic carbocycles. The molecule has 0 aromatic rings. The molecule has 0 saturated heterocycles. The van der Waals surface area contributed by atoms with Crippen LogP contribution in [0, 0.1) is 0 Å². The van der Waals surface area contributed by atoms with Gasteiger partial charge in [-0.05, 0) is 12.0 Å². The van der Waals surface area contributed by atoms with Gasteiger partial charge in [-0.15, -0.1) is 0 Å². The minimum absolute atomic E-state index is 0.356. The summed E-state index contributed by atoms with van der Waals surface area (Å²) in [6, 6.07) is 0. The molecule has 0 nitrogen and oxygen atoms in total. The third-order valence-electron chi connectivity index (χ3n) is 0.109. The normalized spacial score (nSPS) is 6.25. The topological polar surface area (TPSA) is 0 Å². The Labute approximate surface area is 31.0 Å². The van der Waals surface area contributed by atoms with E-state index in [1.807, 2.05) is 0 Å². The Morgan fingerprint density at radius 3 is 2.25 bits per heavy atom. The van der Waals surface area contributed by atoms with Crippen molar-refractivity contribution in [1.82, 2.24) is 0 Å². The molecule has 0 aliphatic heterocycles. The average Bonchev–Trinajstić information content (AvgIpc) is 1.37. The van der Waals surface area contributed by atoms with Gasteiger partial charge in [-0.3, -0.25) is 0 Å². The monoisotopic (exact) mass is 76.0 g/mol. The molecule has 0 rings (SSSR count). The Morgan fingerprint density at radius 2 is 2.25 bits per heavy atom. The van der Waals surface area contributed by atoms with Gasteiger partial charge in [0.25, 0.3) is 0 Å². The molecule has 0 aliphatic rings. The first-order valence-electron chi connectivity index (χ1n) is 1.15. The van der Waals surface area contributed by atoms with E-state index in [2.05, 4.69) is 0 Å². The van der Waals surface area contributed by atoms with E-state index in [0.29, 0.717) is 18.4 Å². The van der Waals surface area contributed by atoms with E-state index in [0.717, 1.165) is 0 Å². The molecule has 0 heterocycles. The molecule has 0 aromatic carbocycles. The number of rotatable bonds is 1. The highest BCUT2D eigenvalue weighted by Crippen LogP contribution is 1.88. The molecule has 0 saturated carbocycles. The van der Waals surface area contributed by atoms with Crippen molar-refractivity contribution < 1.29 is 3.89 Å². The van der Waals surface area contributed by atoms with Crippen LogP contribution in [0.5, 0.6) is 0 Å². The van der Waals surface area contributed by atoms with Crippen LogP contribution in [0.25, 0.3) is 0 Å². The van der Waals surface area contributed by atoms with Gasteiger partial charge in [0.15, 0.2) is 6.45 Å². The number of hydrogen-bond donors (Lipinski definition) is 0. The molecule has 0 spiro atoms. The molecular weight excluding hydrogens is 72.7 g/mol. The maximum Gasteiger partial charge on any atom is 0.194 e. The Hall–Kier alpha value is 0.410. The molecule has 4 heavy (non-hydrogen) atoms. The summed E-state index contributed by atoms with van der Waals surface area (Å²) < 4.78 is 10.6. The van der Waals surface area contributed by atoms with E-state index in [-0.39, 0.29) is 0 Å². The zero-order valence-electron chi connectivity index (χ0n) is 2.49. The van der Waals surface area contributed by atoms with Crippen molar-refractivity contribution in [3.05, 3.63) is 0 Å². The summed E-state index contributed by atoms with van der Waals surface area (Å²) in [7, 11) is 1.77. The minimum Gasteiger partial charge on any atom is -0.180 e. The lowest BCUT2D eigenvalue weighted by molar-refractivity contribution is 0.952. The molecule has 4 heteroatoms. The van der Waals surface area contributed by atoms with Crippen LogP contribution in [-0.2, 0) is 0 Å². The van der Waals surface area contributed by atoms with Crippen LogP contribution in [0.15, 0.2) is 0 Å². The Bertz CT molecular complexity index is 8.00. The second-order valence-electron chi connectivity index (χ2n) is 0.398. The predicted octanol–water partition coefficient (Wildman–Crippen LogP) is -0.496. The van der Waals surface area contributed by atoms with Crippen LogP contribution >= 0.6 is 12.0 Å². The van der Waals surface area contributed by atoms with E-state index < -0.39 is 0 Å². The van der Waals surface area contributed by atoms with Gasteiger partial charge >= 0.3 is 0 Å². The van der Waals surface area contributed by atoms with Gasteiger partial charge in [-0.25, -0.2) is 0 Å². The van der Waals surface area contributed by atoms with Crippen molar-refractivity contribution in [3.63, 3.8) is 0 Å². The first-order chi connectivity index (χ1) is 1.91. The molecule has 0 atom stereocenters. The fraction of sp³-hybridized carbons (Fsp3) is 0. The second-order valence-corrected chi connectivity index (χ2v) is 1.19. The predicted molar refractivity (Wildman–Crippen MR) is 24.4 cm³/mol. The van der Waals surface area contributed by atoms with Gasteiger partial charge in [0.1, 0.15) is 0 Å². The lowest BCUT2D eigenvalue weighted by atomic mass is 9.79. The van der Waals surface area contributed by atoms with Crippen molar-refractivity contribution >= 4 is 26.2 Å². The largest absolute Gasteiger partial charge is 0.194 e. The summed E-state index contributed by atoms with van der Waals surface area (Å²) >= 11 is 0.356. The molecule has 22 valence electrons. The van der Waals surface area contributed by atoms with Crippen LogP contribution in [0.2, 0.25) is 0 Å². The highest BCUT2D eigenvalue weighted by atomic mass is 32.2. The minimum atomic E-state index is 0.356. The van der Waals surface area contributed by atoms with E-state index in [4.69, 9.17) is 0 Å². The smallest absolute Gasteiger partial charge is 0.180 e. The first kappa shape index (κ1) is 4.41.